The number of nitrogen functional groups attached to an aromatic ring is 1. The molecule has 0 aliphatic heterocycles. The van der Waals surface area contributed by atoms with E-state index in [4.69, 9.17) is 15.2 Å². The first-order valence-corrected chi connectivity index (χ1v) is 6.34. The minimum Gasteiger partial charge on any atom is -0.494 e. The van der Waals surface area contributed by atoms with Crippen molar-refractivity contribution in [1.82, 2.24) is 0 Å². The van der Waals surface area contributed by atoms with Gasteiger partial charge in [-0.25, -0.2) is 4.39 Å². The molecule has 0 amide bonds. The van der Waals surface area contributed by atoms with Gasteiger partial charge in [0.25, 0.3) is 0 Å². The lowest BCUT2D eigenvalue weighted by molar-refractivity contribution is 0.292. The number of rotatable bonds is 4. The number of hydrogen-bond acceptors (Lipinski definition) is 3. The largest absolute Gasteiger partial charge is 0.494 e. The molecule has 0 bridgehead atoms. The molecular weight excluding hydrogens is 257 g/mol. The Morgan fingerprint density at radius 2 is 1.90 bits per heavy atom. The van der Waals surface area contributed by atoms with Gasteiger partial charge in [0.05, 0.1) is 7.11 Å². The predicted molar refractivity (Wildman–Crippen MR) is 77.6 cm³/mol. The average molecular weight is 275 g/mol. The summed E-state index contributed by atoms with van der Waals surface area (Å²) < 4.78 is 24.7. The van der Waals surface area contributed by atoms with Crippen LogP contribution in [0.15, 0.2) is 30.3 Å². The van der Waals surface area contributed by atoms with Crippen molar-refractivity contribution in [2.75, 3.05) is 12.8 Å². The van der Waals surface area contributed by atoms with E-state index in [1.807, 2.05) is 26.0 Å². The average Bonchev–Trinajstić information content (AvgIpc) is 2.44. The SMILES string of the molecule is COc1cccc(COc2c(C)ccc(N)c2C)c1F. The van der Waals surface area contributed by atoms with E-state index in [1.165, 1.54) is 7.11 Å². The van der Waals surface area contributed by atoms with Gasteiger partial charge in [-0.1, -0.05) is 18.2 Å². The van der Waals surface area contributed by atoms with Crippen LogP contribution in [0.3, 0.4) is 0 Å². The van der Waals surface area contributed by atoms with Crippen LogP contribution in [0.25, 0.3) is 0 Å². The smallest absolute Gasteiger partial charge is 0.171 e. The molecule has 3 nitrogen and oxygen atoms in total. The Morgan fingerprint density at radius 1 is 1.15 bits per heavy atom. The zero-order valence-corrected chi connectivity index (χ0v) is 11.9. The minimum absolute atomic E-state index is 0.133. The van der Waals surface area contributed by atoms with E-state index < -0.39 is 5.82 Å². The highest BCUT2D eigenvalue weighted by Crippen LogP contribution is 2.29. The maximum atomic E-state index is 14.0. The minimum atomic E-state index is -0.394. The standard InChI is InChI=1S/C16H18FNO2/c1-10-7-8-13(18)11(2)16(10)20-9-12-5-4-6-14(19-3)15(12)17/h4-8H,9,18H2,1-3H3. The van der Waals surface area contributed by atoms with Crippen LogP contribution in [-0.4, -0.2) is 7.11 Å². The van der Waals surface area contributed by atoms with Crippen molar-refractivity contribution in [3.05, 3.63) is 52.8 Å². The number of anilines is 1. The Balaban J connectivity index is 2.24. The van der Waals surface area contributed by atoms with Gasteiger partial charge < -0.3 is 15.2 Å². The number of halogens is 1. The molecule has 0 spiro atoms. The van der Waals surface area contributed by atoms with E-state index in [0.717, 1.165) is 11.1 Å². The van der Waals surface area contributed by atoms with Crippen molar-refractivity contribution in [2.24, 2.45) is 0 Å². The summed E-state index contributed by atoms with van der Waals surface area (Å²) in [6, 6.07) is 8.72. The van der Waals surface area contributed by atoms with Crippen LogP contribution in [0.2, 0.25) is 0 Å². The molecule has 2 aromatic rings. The van der Waals surface area contributed by atoms with Gasteiger partial charge in [0, 0.05) is 16.8 Å². The van der Waals surface area contributed by atoms with E-state index in [1.54, 1.807) is 18.2 Å². The van der Waals surface area contributed by atoms with Crippen molar-refractivity contribution >= 4 is 5.69 Å². The molecule has 2 rings (SSSR count). The van der Waals surface area contributed by atoms with Gasteiger partial charge >= 0.3 is 0 Å². The first-order valence-electron chi connectivity index (χ1n) is 6.34. The van der Waals surface area contributed by atoms with Gasteiger partial charge in [0.2, 0.25) is 0 Å². The third-order valence-electron chi connectivity index (χ3n) is 3.28. The zero-order valence-electron chi connectivity index (χ0n) is 11.9. The van der Waals surface area contributed by atoms with Crippen LogP contribution >= 0.6 is 0 Å². The molecule has 0 heterocycles. The number of aryl methyl sites for hydroxylation is 1. The second-order valence-electron chi connectivity index (χ2n) is 4.65. The molecule has 0 atom stereocenters. The van der Waals surface area contributed by atoms with Gasteiger partial charge in [-0.3, -0.25) is 0 Å². The molecule has 0 aliphatic rings. The van der Waals surface area contributed by atoms with Crippen LogP contribution < -0.4 is 15.2 Å². The Morgan fingerprint density at radius 3 is 2.60 bits per heavy atom. The van der Waals surface area contributed by atoms with Gasteiger partial charge in [0.15, 0.2) is 11.6 Å². The van der Waals surface area contributed by atoms with E-state index >= 15 is 0 Å². The van der Waals surface area contributed by atoms with Crippen molar-refractivity contribution in [3.8, 4) is 11.5 Å². The summed E-state index contributed by atoms with van der Waals surface area (Å²) in [6.07, 6.45) is 0. The summed E-state index contributed by atoms with van der Waals surface area (Å²) in [5.41, 5.74) is 8.81. The number of ether oxygens (including phenoxy) is 2. The zero-order chi connectivity index (χ0) is 14.7. The van der Waals surface area contributed by atoms with E-state index in [0.29, 0.717) is 17.0 Å². The van der Waals surface area contributed by atoms with Crippen LogP contribution in [-0.2, 0) is 6.61 Å². The molecule has 0 saturated carbocycles. The fourth-order valence-electron chi connectivity index (χ4n) is 2.04. The number of benzene rings is 2. The van der Waals surface area contributed by atoms with Crippen molar-refractivity contribution in [3.63, 3.8) is 0 Å². The van der Waals surface area contributed by atoms with Gasteiger partial charge in [0.1, 0.15) is 12.4 Å². The molecule has 0 unspecified atom stereocenters. The molecule has 0 aliphatic carbocycles. The maximum Gasteiger partial charge on any atom is 0.171 e. The molecule has 0 aromatic heterocycles. The molecule has 20 heavy (non-hydrogen) atoms. The molecule has 2 N–H and O–H groups in total. The van der Waals surface area contributed by atoms with Crippen LogP contribution in [0, 0.1) is 19.7 Å². The normalized spacial score (nSPS) is 10.4. The van der Waals surface area contributed by atoms with Crippen molar-refractivity contribution < 1.29 is 13.9 Å². The molecule has 2 aromatic carbocycles. The summed E-state index contributed by atoms with van der Waals surface area (Å²) in [5.74, 6) is 0.522. The second kappa shape index (κ2) is 5.82. The fraction of sp³-hybridized carbons (Fsp3) is 0.250. The summed E-state index contributed by atoms with van der Waals surface area (Å²) >= 11 is 0. The Labute approximate surface area is 118 Å². The third kappa shape index (κ3) is 2.69. The Kier molecular flexibility index (Phi) is 4.13. The highest BCUT2D eigenvalue weighted by atomic mass is 19.1. The lowest BCUT2D eigenvalue weighted by Gasteiger charge is -2.14. The lowest BCUT2D eigenvalue weighted by atomic mass is 10.1. The molecular formula is C16H18FNO2. The van der Waals surface area contributed by atoms with Gasteiger partial charge in [-0.15, -0.1) is 0 Å². The first kappa shape index (κ1) is 14.2. The number of methoxy groups -OCH3 is 1. The molecule has 0 fully saturated rings. The van der Waals surface area contributed by atoms with Gasteiger partial charge in [-0.2, -0.15) is 0 Å². The highest BCUT2D eigenvalue weighted by molar-refractivity contribution is 5.56. The van der Waals surface area contributed by atoms with E-state index in [-0.39, 0.29) is 12.4 Å². The molecule has 4 heteroatoms. The summed E-state index contributed by atoms with van der Waals surface area (Å²) in [5, 5.41) is 0. The van der Waals surface area contributed by atoms with Crippen LogP contribution in [0.4, 0.5) is 10.1 Å². The summed E-state index contributed by atoms with van der Waals surface area (Å²) in [4.78, 5) is 0. The molecule has 106 valence electrons. The predicted octanol–water partition coefficient (Wildman–Crippen LogP) is 3.61. The number of nitrogens with two attached hydrogens (primary N) is 1. The summed E-state index contributed by atoms with van der Waals surface area (Å²) in [7, 11) is 1.44. The highest BCUT2D eigenvalue weighted by Gasteiger charge is 2.11. The second-order valence-corrected chi connectivity index (χ2v) is 4.65. The first-order chi connectivity index (χ1) is 9.54. The quantitative estimate of drug-likeness (QED) is 0.867. The van der Waals surface area contributed by atoms with E-state index in [2.05, 4.69) is 0 Å². The topological polar surface area (TPSA) is 44.5 Å². The Hall–Kier alpha value is -2.23. The summed E-state index contributed by atoms with van der Waals surface area (Å²) in [6.45, 7) is 3.96. The number of hydrogen-bond donors (Lipinski definition) is 1. The molecule has 0 radical (unpaired) electrons. The van der Waals surface area contributed by atoms with Crippen molar-refractivity contribution in [1.29, 1.82) is 0 Å². The Bertz CT molecular complexity index is 626. The van der Waals surface area contributed by atoms with E-state index in [9.17, 15) is 4.39 Å². The maximum absolute atomic E-state index is 14.0. The van der Waals surface area contributed by atoms with Crippen LogP contribution in [0.5, 0.6) is 11.5 Å². The lowest BCUT2D eigenvalue weighted by Crippen LogP contribution is -2.03. The third-order valence-corrected chi connectivity index (χ3v) is 3.28. The monoisotopic (exact) mass is 275 g/mol. The molecule has 0 saturated heterocycles. The van der Waals surface area contributed by atoms with Gasteiger partial charge in [-0.05, 0) is 31.5 Å². The van der Waals surface area contributed by atoms with Crippen LogP contribution in [0.1, 0.15) is 16.7 Å². The fourth-order valence-corrected chi connectivity index (χ4v) is 2.04. The van der Waals surface area contributed by atoms with Crippen molar-refractivity contribution in [2.45, 2.75) is 20.5 Å².